The van der Waals surface area contributed by atoms with E-state index in [4.69, 9.17) is 0 Å². The number of allylic oxidation sites excluding steroid dienone is 2. The van der Waals surface area contributed by atoms with Crippen molar-refractivity contribution in [3.63, 3.8) is 0 Å². The lowest BCUT2D eigenvalue weighted by Crippen LogP contribution is -2.35. The van der Waals surface area contributed by atoms with Gasteiger partial charge in [0, 0.05) is 6.04 Å². The van der Waals surface area contributed by atoms with E-state index in [0.29, 0.717) is 24.1 Å². The summed E-state index contributed by atoms with van der Waals surface area (Å²) < 4.78 is 0. The van der Waals surface area contributed by atoms with Gasteiger partial charge in [-0.2, -0.15) is 0 Å². The van der Waals surface area contributed by atoms with Gasteiger partial charge in [0.25, 0.3) is 5.91 Å². The fourth-order valence-electron chi connectivity index (χ4n) is 2.88. The van der Waals surface area contributed by atoms with E-state index in [-0.39, 0.29) is 17.9 Å². The molecule has 6 nitrogen and oxygen atoms in total. The molecule has 6 heteroatoms. The Morgan fingerprint density at radius 3 is 2.33 bits per heavy atom. The standard InChI is InChI=1S/C18H20N2O4/c21-16(12-5-1-2-6-13(12)18(23)24)20-15-8-4-3-7-14(15)17(22)19-11-9-10-11/h1-4,7-8,11-13H,5-6,9-10H2,(H,19,22)(H,20,21)(H,23,24). The topological polar surface area (TPSA) is 95.5 Å². The van der Waals surface area contributed by atoms with Crippen molar-refractivity contribution in [1.29, 1.82) is 0 Å². The summed E-state index contributed by atoms with van der Waals surface area (Å²) in [6.45, 7) is 0. The van der Waals surface area contributed by atoms with Crippen LogP contribution in [0, 0.1) is 11.8 Å². The number of hydrogen-bond acceptors (Lipinski definition) is 3. The van der Waals surface area contributed by atoms with E-state index >= 15 is 0 Å². The molecule has 126 valence electrons. The molecule has 2 unspecified atom stereocenters. The predicted molar refractivity (Wildman–Crippen MR) is 88.5 cm³/mol. The monoisotopic (exact) mass is 328 g/mol. The van der Waals surface area contributed by atoms with E-state index in [1.54, 1.807) is 30.3 Å². The lowest BCUT2D eigenvalue weighted by Gasteiger charge is -2.24. The summed E-state index contributed by atoms with van der Waals surface area (Å²) in [5.41, 5.74) is 0.815. The molecule has 0 radical (unpaired) electrons. The first-order valence-corrected chi connectivity index (χ1v) is 8.15. The maximum absolute atomic E-state index is 12.6. The second kappa shape index (κ2) is 6.86. The molecule has 1 saturated carbocycles. The lowest BCUT2D eigenvalue weighted by atomic mass is 9.82. The number of anilines is 1. The van der Waals surface area contributed by atoms with Gasteiger partial charge in [-0.25, -0.2) is 0 Å². The molecule has 0 aromatic heterocycles. The van der Waals surface area contributed by atoms with E-state index in [0.717, 1.165) is 12.8 Å². The van der Waals surface area contributed by atoms with Gasteiger partial charge in [0.15, 0.2) is 0 Å². The van der Waals surface area contributed by atoms with E-state index in [2.05, 4.69) is 10.6 Å². The fraction of sp³-hybridized carbons (Fsp3) is 0.389. The third kappa shape index (κ3) is 3.64. The zero-order chi connectivity index (χ0) is 17.1. The van der Waals surface area contributed by atoms with Gasteiger partial charge in [-0.15, -0.1) is 0 Å². The van der Waals surface area contributed by atoms with E-state index in [9.17, 15) is 19.5 Å². The largest absolute Gasteiger partial charge is 0.481 e. The van der Waals surface area contributed by atoms with Crippen molar-refractivity contribution in [3.05, 3.63) is 42.0 Å². The number of carbonyl (C=O) groups is 3. The van der Waals surface area contributed by atoms with Crippen LogP contribution in [0.5, 0.6) is 0 Å². The van der Waals surface area contributed by atoms with Crippen molar-refractivity contribution in [1.82, 2.24) is 5.32 Å². The lowest BCUT2D eigenvalue weighted by molar-refractivity contribution is -0.146. The maximum atomic E-state index is 12.6. The molecular formula is C18H20N2O4. The summed E-state index contributed by atoms with van der Waals surface area (Å²) in [4.78, 5) is 36.2. The first kappa shape index (κ1) is 16.2. The van der Waals surface area contributed by atoms with Gasteiger partial charge in [-0.1, -0.05) is 24.3 Å². The Labute approximate surface area is 139 Å². The summed E-state index contributed by atoms with van der Waals surface area (Å²) in [5.74, 6) is -2.92. The minimum Gasteiger partial charge on any atom is -0.481 e. The van der Waals surface area contributed by atoms with Crippen LogP contribution in [0.4, 0.5) is 5.69 Å². The first-order valence-electron chi connectivity index (χ1n) is 8.15. The Balaban J connectivity index is 1.75. The second-order valence-corrected chi connectivity index (χ2v) is 6.28. The molecule has 3 N–H and O–H groups in total. The van der Waals surface area contributed by atoms with Crippen molar-refractivity contribution in [2.45, 2.75) is 31.7 Å². The Morgan fingerprint density at radius 2 is 1.67 bits per heavy atom. The molecule has 3 rings (SSSR count). The van der Waals surface area contributed by atoms with Crippen molar-refractivity contribution >= 4 is 23.5 Å². The number of carboxylic acid groups (broad SMARTS) is 1. The molecule has 24 heavy (non-hydrogen) atoms. The third-order valence-corrected chi connectivity index (χ3v) is 4.43. The Kier molecular flexibility index (Phi) is 4.64. The second-order valence-electron chi connectivity index (χ2n) is 6.28. The Morgan fingerprint density at radius 1 is 1.00 bits per heavy atom. The van der Waals surface area contributed by atoms with Crippen LogP contribution < -0.4 is 10.6 Å². The molecule has 1 aromatic carbocycles. The van der Waals surface area contributed by atoms with Crippen molar-refractivity contribution in [2.24, 2.45) is 11.8 Å². The van der Waals surface area contributed by atoms with Gasteiger partial charge in [0.2, 0.25) is 5.91 Å². The summed E-state index contributed by atoms with van der Waals surface area (Å²) in [7, 11) is 0. The number of rotatable bonds is 5. The summed E-state index contributed by atoms with van der Waals surface area (Å²) in [5, 5.41) is 14.9. The molecule has 0 heterocycles. The van der Waals surface area contributed by atoms with Crippen LogP contribution in [0.3, 0.4) is 0 Å². The molecule has 2 atom stereocenters. The summed E-state index contributed by atoms with van der Waals surface area (Å²) in [6, 6.07) is 7.01. The fourth-order valence-corrected chi connectivity index (χ4v) is 2.88. The van der Waals surface area contributed by atoms with Gasteiger partial charge in [0.1, 0.15) is 0 Å². The van der Waals surface area contributed by atoms with Crippen LogP contribution in [0.25, 0.3) is 0 Å². The minimum atomic E-state index is -0.973. The normalized spacial score (nSPS) is 22.7. The molecule has 2 aliphatic rings. The number of carboxylic acids is 1. The number of benzene rings is 1. The molecule has 0 aliphatic heterocycles. The van der Waals surface area contributed by atoms with E-state index in [1.807, 2.05) is 6.08 Å². The Bertz CT molecular complexity index is 694. The highest BCUT2D eigenvalue weighted by Gasteiger charge is 2.34. The highest BCUT2D eigenvalue weighted by atomic mass is 16.4. The van der Waals surface area contributed by atoms with Crippen molar-refractivity contribution < 1.29 is 19.5 Å². The molecule has 1 fully saturated rings. The Hall–Kier alpha value is -2.63. The molecule has 1 aromatic rings. The van der Waals surface area contributed by atoms with E-state index in [1.165, 1.54) is 0 Å². The summed E-state index contributed by atoms with van der Waals surface area (Å²) >= 11 is 0. The highest BCUT2D eigenvalue weighted by Crippen LogP contribution is 2.28. The van der Waals surface area contributed by atoms with E-state index < -0.39 is 17.8 Å². The van der Waals surface area contributed by atoms with Crippen LogP contribution >= 0.6 is 0 Å². The molecule has 0 bridgehead atoms. The molecule has 0 saturated heterocycles. The zero-order valence-electron chi connectivity index (χ0n) is 13.2. The minimum absolute atomic E-state index is 0.216. The van der Waals surface area contributed by atoms with Crippen molar-refractivity contribution in [3.8, 4) is 0 Å². The average molecular weight is 328 g/mol. The van der Waals surface area contributed by atoms with Gasteiger partial charge in [-0.3, -0.25) is 14.4 Å². The number of para-hydroxylation sites is 1. The summed E-state index contributed by atoms with van der Waals surface area (Å²) in [6.07, 6.45) is 6.31. The van der Waals surface area contributed by atoms with Gasteiger partial charge < -0.3 is 15.7 Å². The van der Waals surface area contributed by atoms with Crippen LogP contribution in [-0.4, -0.2) is 28.9 Å². The highest BCUT2D eigenvalue weighted by molar-refractivity contribution is 6.05. The number of aliphatic carboxylic acids is 1. The maximum Gasteiger partial charge on any atom is 0.307 e. The number of amides is 2. The smallest absolute Gasteiger partial charge is 0.307 e. The van der Waals surface area contributed by atoms with Crippen molar-refractivity contribution in [2.75, 3.05) is 5.32 Å². The van der Waals surface area contributed by atoms with Crippen LogP contribution in [-0.2, 0) is 9.59 Å². The van der Waals surface area contributed by atoms with Gasteiger partial charge in [-0.05, 0) is 37.8 Å². The number of carbonyl (C=O) groups excluding carboxylic acids is 2. The molecule has 2 amide bonds. The molecule has 0 spiro atoms. The molecular weight excluding hydrogens is 308 g/mol. The van der Waals surface area contributed by atoms with Crippen LogP contribution in [0.15, 0.2) is 36.4 Å². The number of hydrogen-bond donors (Lipinski definition) is 3. The quantitative estimate of drug-likeness (QED) is 0.722. The van der Waals surface area contributed by atoms with Gasteiger partial charge in [0.05, 0.1) is 23.1 Å². The van der Waals surface area contributed by atoms with Crippen LogP contribution in [0.1, 0.15) is 36.0 Å². The third-order valence-electron chi connectivity index (χ3n) is 4.43. The molecule has 2 aliphatic carbocycles. The van der Waals surface area contributed by atoms with Gasteiger partial charge >= 0.3 is 5.97 Å². The predicted octanol–water partition coefficient (Wildman–Crippen LogP) is 2.18. The average Bonchev–Trinajstić information content (AvgIpc) is 3.39. The zero-order valence-corrected chi connectivity index (χ0v) is 13.2. The number of nitrogens with one attached hydrogen (secondary N) is 2. The first-order chi connectivity index (χ1) is 11.6. The van der Waals surface area contributed by atoms with Crippen LogP contribution in [0.2, 0.25) is 0 Å². The SMILES string of the molecule is O=C(NC1CC1)c1ccccc1NC(=O)C1CC=CCC1C(=O)O.